The standard InChI is InChI=1S/C18H16ClF3N4O3/c1-16-11(24-25-23)7-17(29-16)4-5-28-15-13(17)12(16)14(27)26(15)8-2-3-10(19)9(6-8)18(20,21)22/h2-3,6,11-13,15H,4-5,7H2,1H3/t11?,12-,13+,15+,16-,17+/m1/s1. The molecule has 11 heteroatoms. The van der Waals surface area contributed by atoms with E-state index < -0.39 is 46.2 Å². The number of halogens is 4. The van der Waals surface area contributed by atoms with E-state index in [0.717, 1.165) is 12.1 Å². The summed E-state index contributed by atoms with van der Waals surface area (Å²) in [7, 11) is 0. The lowest BCUT2D eigenvalue weighted by atomic mass is 9.64. The predicted molar refractivity (Wildman–Crippen MR) is 95.0 cm³/mol. The van der Waals surface area contributed by atoms with Crippen molar-refractivity contribution in [2.45, 2.75) is 49.4 Å². The number of hydrogen-bond acceptors (Lipinski definition) is 4. The van der Waals surface area contributed by atoms with Crippen molar-refractivity contribution in [2.75, 3.05) is 11.5 Å². The largest absolute Gasteiger partial charge is 0.417 e. The summed E-state index contributed by atoms with van der Waals surface area (Å²) in [6, 6.07) is 2.88. The maximum absolute atomic E-state index is 13.4. The van der Waals surface area contributed by atoms with Crippen LogP contribution >= 0.6 is 11.6 Å². The minimum Gasteiger partial charge on any atom is -0.367 e. The molecule has 0 radical (unpaired) electrons. The summed E-state index contributed by atoms with van der Waals surface area (Å²) in [5.41, 5.74) is 6.28. The van der Waals surface area contributed by atoms with Crippen LogP contribution in [-0.4, -0.2) is 36.0 Å². The van der Waals surface area contributed by atoms with E-state index in [9.17, 15) is 18.0 Å². The van der Waals surface area contributed by atoms with Gasteiger partial charge in [-0.15, -0.1) is 0 Å². The topological polar surface area (TPSA) is 87.5 Å². The van der Waals surface area contributed by atoms with E-state index in [4.69, 9.17) is 26.6 Å². The number of azide groups is 1. The molecule has 7 nitrogen and oxygen atoms in total. The average Bonchev–Trinajstić information content (AvgIpc) is 3.19. The number of anilines is 1. The third-order valence-corrected chi connectivity index (χ3v) is 7.14. The second-order valence-electron chi connectivity index (χ2n) is 8.16. The zero-order valence-electron chi connectivity index (χ0n) is 15.2. The van der Waals surface area contributed by atoms with E-state index in [1.165, 1.54) is 11.0 Å². The Morgan fingerprint density at radius 2 is 2.17 bits per heavy atom. The van der Waals surface area contributed by atoms with Crippen molar-refractivity contribution < 1.29 is 27.4 Å². The molecule has 4 heterocycles. The molecular formula is C18H16ClF3N4O3. The van der Waals surface area contributed by atoms with Crippen molar-refractivity contribution in [3.8, 4) is 0 Å². The molecule has 4 saturated heterocycles. The lowest BCUT2D eigenvalue weighted by molar-refractivity contribution is -0.140. The number of fused-ring (bicyclic) bond motifs is 2. The van der Waals surface area contributed by atoms with Crippen LogP contribution in [0.25, 0.3) is 10.4 Å². The maximum atomic E-state index is 13.4. The first-order chi connectivity index (χ1) is 13.6. The molecule has 1 aromatic carbocycles. The molecule has 1 spiro atoms. The Morgan fingerprint density at radius 3 is 2.86 bits per heavy atom. The Labute approximate surface area is 168 Å². The second kappa shape index (κ2) is 5.78. The molecule has 1 amide bonds. The molecule has 4 fully saturated rings. The van der Waals surface area contributed by atoms with Gasteiger partial charge in [-0.3, -0.25) is 9.69 Å². The highest BCUT2D eigenvalue weighted by atomic mass is 35.5. The van der Waals surface area contributed by atoms with Gasteiger partial charge in [0.05, 0.1) is 40.4 Å². The molecule has 5 rings (SSSR count). The summed E-state index contributed by atoms with van der Waals surface area (Å²) < 4.78 is 52.2. The number of amides is 1. The summed E-state index contributed by atoms with van der Waals surface area (Å²) in [6.45, 7) is 2.03. The molecule has 1 unspecified atom stereocenters. The van der Waals surface area contributed by atoms with Gasteiger partial charge in [-0.05, 0) is 37.1 Å². The quantitative estimate of drug-likeness (QED) is 0.400. The van der Waals surface area contributed by atoms with Crippen molar-refractivity contribution in [2.24, 2.45) is 17.0 Å². The fourth-order valence-corrected chi connectivity index (χ4v) is 5.92. The summed E-state index contributed by atoms with van der Waals surface area (Å²) in [6.07, 6.45) is -4.39. The number of ether oxygens (including phenoxy) is 2. The maximum Gasteiger partial charge on any atom is 0.417 e. The van der Waals surface area contributed by atoms with Gasteiger partial charge in [0, 0.05) is 22.9 Å². The van der Waals surface area contributed by atoms with Crippen molar-refractivity contribution in [3.05, 3.63) is 39.2 Å². The van der Waals surface area contributed by atoms with E-state index in [1.54, 1.807) is 6.92 Å². The Hall–Kier alpha value is -2.00. The number of benzene rings is 1. The fourth-order valence-electron chi connectivity index (χ4n) is 5.69. The Bertz CT molecular complexity index is 968. The third kappa shape index (κ3) is 2.34. The summed E-state index contributed by atoms with van der Waals surface area (Å²) in [4.78, 5) is 17.6. The fraction of sp³-hybridized carbons (Fsp3) is 0.611. The average molecular weight is 429 g/mol. The number of alkyl halides is 3. The minimum atomic E-state index is -4.65. The first-order valence-electron chi connectivity index (χ1n) is 9.18. The van der Waals surface area contributed by atoms with Gasteiger partial charge in [0.1, 0.15) is 6.23 Å². The zero-order chi connectivity index (χ0) is 20.8. The van der Waals surface area contributed by atoms with Crippen LogP contribution in [0, 0.1) is 11.8 Å². The lowest BCUT2D eigenvalue weighted by Gasteiger charge is -2.42. The van der Waals surface area contributed by atoms with E-state index in [0.29, 0.717) is 12.8 Å². The van der Waals surface area contributed by atoms with E-state index >= 15 is 0 Å². The second-order valence-corrected chi connectivity index (χ2v) is 8.57. The first kappa shape index (κ1) is 19.0. The van der Waals surface area contributed by atoms with Gasteiger partial charge in [-0.25, -0.2) is 0 Å². The monoisotopic (exact) mass is 428 g/mol. The van der Waals surface area contributed by atoms with Gasteiger partial charge >= 0.3 is 6.18 Å². The minimum absolute atomic E-state index is 0.0755. The molecule has 0 N–H and O–H groups in total. The van der Waals surface area contributed by atoms with Crippen molar-refractivity contribution in [1.29, 1.82) is 0 Å². The van der Waals surface area contributed by atoms with Crippen molar-refractivity contribution >= 4 is 23.2 Å². The number of rotatable bonds is 2. The summed E-state index contributed by atoms with van der Waals surface area (Å²) in [5.74, 6) is -1.40. The van der Waals surface area contributed by atoms with E-state index in [2.05, 4.69) is 10.0 Å². The first-order valence-corrected chi connectivity index (χ1v) is 9.56. The van der Waals surface area contributed by atoms with Crippen LogP contribution in [0.4, 0.5) is 18.9 Å². The van der Waals surface area contributed by atoms with Crippen molar-refractivity contribution in [3.63, 3.8) is 0 Å². The molecule has 1 aromatic rings. The van der Waals surface area contributed by atoms with Gasteiger partial charge in [0.2, 0.25) is 5.91 Å². The highest BCUT2D eigenvalue weighted by molar-refractivity contribution is 6.31. The van der Waals surface area contributed by atoms with Crippen LogP contribution in [0.5, 0.6) is 0 Å². The number of nitrogens with zero attached hydrogens (tertiary/aromatic N) is 4. The molecule has 4 aliphatic rings. The van der Waals surface area contributed by atoms with Crippen LogP contribution in [-0.2, 0) is 20.4 Å². The van der Waals surface area contributed by atoms with Crippen LogP contribution in [0.1, 0.15) is 25.3 Å². The van der Waals surface area contributed by atoms with Crippen molar-refractivity contribution in [1.82, 2.24) is 0 Å². The van der Waals surface area contributed by atoms with Gasteiger partial charge < -0.3 is 9.47 Å². The van der Waals surface area contributed by atoms with Crippen LogP contribution in [0.3, 0.4) is 0 Å². The van der Waals surface area contributed by atoms with Crippen LogP contribution in [0.15, 0.2) is 23.3 Å². The van der Waals surface area contributed by atoms with Gasteiger partial charge in [-0.2, -0.15) is 13.2 Å². The molecule has 2 bridgehead atoms. The molecule has 0 aliphatic carbocycles. The Kier molecular flexibility index (Phi) is 3.79. The highest BCUT2D eigenvalue weighted by Gasteiger charge is 2.77. The van der Waals surface area contributed by atoms with Gasteiger partial charge in [0.15, 0.2) is 0 Å². The summed E-state index contributed by atoms with van der Waals surface area (Å²) >= 11 is 5.73. The molecule has 0 saturated carbocycles. The molecule has 29 heavy (non-hydrogen) atoms. The molecule has 0 aromatic heterocycles. The van der Waals surface area contributed by atoms with Crippen LogP contribution < -0.4 is 4.90 Å². The Morgan fingerprint density at radius 1 is 1.41 bits per heavy atom. The zero-order valence-corrected chi connectivity index (χ0v) is 15.9. The molecule has 6 atom stereocenters. The van der Waals surface area contributed by atoms with Crippen LogP contribution in [0.2, 0.25) is 5.02 Å². The molecular weight excluding hydrogens is 413 g/mol. The third-order valence-electron chi connectivity index (χ3n) is 6.81. The number of hydrogen-bond donors (Lipinski definition) is 0. The molecule has 4 aliphatic heterocycles. The van der Waals surface area contributed by atoms with E-state index in [-0.39, 0.29) is 24.1 Å². The smallest absolute Gasteiger partial charge is 0.367 e. The number of carbonyl (C=O) groups excluding carboxylic acids is 1. The Balaban J connectivity index is 1.61. The number of carbonyl (C=O) groups is 1. The van der Waals surface area contributed by atoms with Gasteiger partial charge in [-0.1, -0.05) is 16.7 Å². The summed E-state index contributed by atoms with van der Waals surface area (Å²) in [5, 5.41) is 3.41. The lowest BCUT2D eigenvalue weighted by Crippen LogP contribution is -2.52. The van der Waals surface area contributed by atoms with E-state index in [1.807, 2.05) is 0 Å². The SMILES string of the molecule is C[C@]12O[C@@]3(CCO[C@H]4[C@@H]3[C@@H]1C(=O)N4c1ccc(Cl)c(C(F)(F)F)c1)CC2N=[N+]=[N-]. The normalized spacial score (nSPS) is 40.2. The highest BCUT2D eigenvalue weighted by Crippen LogP contribution is 2.66. The van der Waals surface area contributed by atoms with Gasteiger partial charge in [0.25, 0.3) is 0 Å². The molecule has 154 valence electrons. The predicted octanol–water partition coefficient (Wildman–Crippen LogP) is 4.29.